The first-order valence-corrected chi connectivity index (χ1v) is 4.52. The molecule has 0 rings (SSSR count). The summed E-state index contributed by atoms with van der Waals surface area (Å²) in [5.74, 6) is -0.231. The van der Waals surface area contributed by atoms with Crippen molar-refractivity contribution in [1.82, 2.24) is 0 Å². The van der Waals surface area contributed by atoms with Crippen molar-refractivity contribution in [1.29, 1.82) is 0 Å². The molecule has 0 spiro atoms. The van der Waals surface area contributed by atoms with Crippen molar-refractivity contribution in [2.45, 2.75) is 40.0 Å². The summed E-state index contributed by atoms with van der Waals surface area (Å²) in [7, 11) is 0. The molecule has 0 saturated carbocycles. The molecular weight excluding hydrogens is 152 g/mol. The molecule has 0 saturated heterocycles. The van der Waals surface area contributed by atoms with Gasteiger partial charge in [0.1, 0.15) is 0 Å². The van der Waals surface area contributed by atoms with E-state index in [1.165, 1.54) is 6.08 Å². The maximum absolute atomic E-state index is 10.4. The lowest BCUT2D eigenvalue weighted by Crippen LogP contribution is -1.98. The monoisotopic (exact) mass is 170 g/mol. The fraction of sp³-hybridized carbons (Fsp3) is 0.700. The third-order valence-corrected chi connectivity index (χ3v) is 2.09. The summed E-state index contributed by atoms with van der Waals surface area (Å²) in [6, 6.07) is 0. The number of allylic oxidation sites excluding steroid dienone is 1. The number of hydrogen-bond acceptors (Lipinski definition) is 1. The summed E-state index contributed by atoms with van der Waals surface area (Å²) in [6.07, 6.45) is 4.21. The maximum atomic E-state index is 10.4. The fourth-order valence-corrected chi connectivity index (χ4v) is 1.07. The van der Waals surface area contributed by atoms with E-state index in [0.29, 0.717) is 5.92 Å². The van der Waals surface area contributed by atoms with Gasteiger partial charge in [-0.3, -0.25) is 0 Å². The molecule has 12 heavy (non-hydrogen) atoms. The van der Waals surface area contributed by atoms with Gasteiger partial charge in [0.25, 0.3) is 0 Å². The van der Waals surface area contributed by atoms with Crippen LogP contribution in [0, 0.1) is 5.92 Å². The highest BCUT2D eigenvalue weighted by Crippen LogP contribution is 2.16. The van der Waals surface area contributed by atoms with Crippen LogP contribution in [-0.2, 0) is 4.79 Å². The molecule has 0 aromatic heterocycles. The molecule has 0 aromatic carbocycles. The summed E-state index contributed by atoms with van der Waals surface area (Å²) >= 11 is 0. The minimum absolute atomic E-state index is 0.593. The van der Waals surface area contributed by atoms with Crippen LogP contribution in [0.4, 0.5) is 0 Å². The molecule has 0 amide bonds. The average molecular weight is 170 g/mol. The molecule has 0 heterocycles. The van der Waals surface area contributed by atoms with Crippen molar-refractivity contribution in [3.8, 4) is 0 Å². The fourth-order valence-electron chi connectivity index (χ4n) is 1.07. The molecule has 0 aliphatic heterocycles. The van der Waals surface area contributed by atoms with E-state index in [-0.39, 0.29) is 0 Å². The number of carboxylic acid groups (broad SMARTS) is 1. The largest absolute Gasteiger partial charge is 0.478 e. The lowest BCUT2D eigenvalue weighted by atomic mass is 9.97. The SMILES string of the molecule is CC/C(=C\C(=O)O)CC(C)CC. The van der Waals surface area contributed by atoms with Gasteiger partial charge in [-0.25, -0.2) is 4.79 Å². The van der Waals surface area contributed by atoms with Crippen LogP contribution in [0.3, 0.4) is 0 Å². The van der Waals surface area contributed by atoms with Crippen molar-refractivity contribution >= 4 is 5.97 Å². The van der Waals surface area contributed by atoms with E-state index >= 15 is 0 Å². The second kappa shape index (κ2) is 5.81. The van der Waals surface area contributed by atoms with Gasteiger partial charge < -0.3 is 5.11 Å². The van der Waals surface area contributed by atoms with Crippen LogP contribution >= 0.6 is 0 Å². The van der Waals surface area contributed by atoms with E-state index in [4.69, 9.17) is 5.11 Å². The zero-order valence-corrected chi connectivity index (χ0v) is 8.13. The topological polar surface area (TPSA) is 37.3 Å². The Morgan fingerprint density at radius 3 is 2.42 bits per heavy atom. The van der Waals surface area contributed by atoms with Gasteiger partial charge in [-0.05, 0) is 18.8 Å². The Morgan fingerprint density at radius 2 is 2.08 bits per heavy atom. The molecule has 2 nitrogen and oxygen atoms in total. The summed E-state index contributed by atoms with van der Waals surface area (Å²) < 4.78 is 0. The number of carbonyl (C=O) groups is 1. The zero-order chi connectivity index (χ0) is 9.56. The second-order valence-corrected chi connectivity index (χ2v) is 3.21. The Hall–Kier alpha value is -0.790. The van der Waals surface area contributed by atoms with Crippen LogP contribution in [0.2, 0.25) is 0 Å². The third-order valence-electron chi connectivity index (χ3n) is 2.09. The van der Waals surface area contributed by atoms with E-state index in [1.807, 2.05) is 6.92 Å². The summed E-state index contributed by atoms with van der Waals surface area (Å²) in [4.78, 5) is 10.4. The number of carboxylic acids is 1. The minimum Gasteiger partial charge on any atom is -0.478 e. The van der Waals surface area contributed by atoms with Crippen LogP contribution in [0.15, 0.2) is 11.6 Å². The second-order valence-electron chi connectivity index (χ2n) is 3.21. The smallest absolute Gasteiger partial charge is 0.328 e. The number of aliphatic carboxylic acids is 1. The quantitative estimate of drug-likeness (QED) is 0.644. The van der Waals surface area contributed by atoms with Crippen LogP contribution < -0.4 is 0 Å². The van der Waals surface area contributed by atoms with Gasteiger partial charge in [0.2, 0.25) is 0 Å². The predicted molar refractivity (Wildman–Crippen MR) is 50.1 cm³/mol. The molecule has 0 bridgehead atoms. The molecule has 2 heteroatoms. The number of rotatable bonds is 5. The molecule has 0 radical (unpaired) electrons. The van der Waals surface area contributed by atoms with E-state index in [9.17, 15) is 4.79 Å². The third kappa shape index (κ3) is 4.94. The zero-order valence-electron chi connectivity index (χ0n) is 8.13. The Kier molecular flexibility index (Phi) is 5.43. The average Bonchev–Trinajstić information content (AvgIpc) is 2.02. The van der Waals surface area contributed by atoms with Gasteiger partial charge in [0.15, 0.2) is 0 Å². The molecule has 0 aliphatic carbocycles. The molecule has 0 aliphatic rings. The molecular formula is C10H18O2. The van der Waals surface area contributed by atoms with Crippen LogP contribution in [0.25, 0.3) is 0 Å². The van der Waals surface area contributed by atoms with Gasteiger partial charge in [0.05, 0.1) is 0 Å². The van der Waals surface area contributed by atoms with Crippen molar-refractivity contribution < 1.29 is 9.90 Å². The first-order valence-electron chi connectivity index (χ1n) is 4.52. The van der Waals surface area contributed by atoms with Gasteiger partial charge >= 0.3 is 5.97 Å². The Morgan fingerprint density at radius 1 is 1.50 bits per heavy atom. The Balaban J connectivity index is 4.08. The standard InChI is InChI=1S/C10H18O2/c1-4-8(3)6-9(5-2)7-10(11)12/h7-8H,4-6H2,1-3H3,(H,11,12)/b9-7+. The van der Waals surface area contributed by atoms with Gasteiger partial charge in [-0.15, -0.1) is 0 Å². The minimum atomic E-state index is -0.824. The maximum Gasteiger partial charge on any atom is 0.328 e. The van der Waals surface area contributed by atoms with E-state index in [1.54, 1.807) is 0 Å². The number of hydrogen-bond donors (Lipinski definition) is 1. The highest BCUT2D eigenvalue weighted by atomic mass is 16.4. The lowest BCUT2D eigenvalue weighted by molar-refractivity contribution is -0.131. The molecule has 1 unspecified atom stereocenters. The summed E-state index contributed by atoms with van der Waals surface area (Å²) in [5, 5.41) is 8.52. The molecule has 0 fully saturated rings. The Labute approximate surface area is 74.3 Å². The first kappa shape index (κ1) is 11.2. The Bertz CT molecular complexity index is 171. The van der Waals surface area contributed by atoms with Crippen molar-refractivity contribution in [2.24, 2.45) is 5.92 Å². The van der Waals surface area contributed by atoms with Crippen molar-refractivity contribution in [3.63, 3.8) is 0 Å². The van der Waals surface area contributed by atoms with Gasteiger partial charge in [-0.1, -0.05) is 32.8 Å². The summed E-state index contributed by atoms with van der Waals surface area (Å²) in [5.41, 5.74) is 1.04. The lowest BCUT2D eigenvalue weighted by Gasteiger charge is -2.09. The molecule has 0 aromatic rings. The van der Waals surface area contributed by atoms with E-state index in [2.05, 4.69) is 13.8 Å². The predicted octanol–water partition coefficient (Wildman–Crippen LogP) is 2.84. The normalized spacial score (nSPS) is 14.4. The molecule has 1 N–H and O–H groups in total. The van der Waals surface area contributed by atoms with Crippen molar-refractivity contribution in [3.05, 3.63) is 11.6 Å². The van der Waals surface area contributed by atoms with Gasteiger partial charge in [-0.2, -0.15) is 0 Å². The van der Waals surface area contributed by atoms with E-state index < -0.39 is 5.97 Å². The highest BCUT2D eigenvalue weighted by molar-refractivity contribution is 5.80. The van der Waals surface area contributed by atoms with Crippen LogP contribution in [0.5, 0.6) is 0 Å². The van der Waals surface area contributed by atoms with E-state index in [0.717, 1.165) is 24.8 Å². The van der Waals surface area contributed by atoms with Gasteiger partial charge in [0, 0.05) is 6.08 Å². The highest BCUT2D eigenvalue weighted by Gasteiger charge is 2.03. The molecule has 70 valence electrons. The first-order chi connectivity index (χ1) is 5.60. The molecule has 1 atom stereocenters. The summed E-state index contributed by atoms with van der Waals surface area (Å²) in [6.45, 7) is 6.27. The van der Waals surface area contributed by atoms with Crippen LogP contribution in [0.1, 0.15) is 40.0 Å². The van der Waals surface area contributed by atoms with Crippen LogP contribution in [-0.4, -0.2) is 11.1 Å². The van der Waals surface area contributed by atoms with Crippen molar-refractivity contribution in [2.75, 3.05) is 0 Å².